The number of amides is 1. The number of carbonyl (C=O) groups excluding carboxylic acids is 2. The minimum absolute atomic E-state index is 0.00335. The van der Waals surface area contributed by atoms with Crippen molar-refractivity contribution in [1.82, 2.24) is 5.32 Å². The summed E-state index contributed by atoms with van der Waals surface area (Å²) in [6.45, 7) is 6.50. The summed E-state index contributed by atoms with van der Waals surface area (Å²) in [5.74, 6) is 1.16. The van der Waals surface area contributed by atoms with Gasteiger partial charge in [-0.25, -0.2) is 0 Å². The molecule has 3 unspecified atom stereocenters. The van der Waals surface area contributed by atoms with Gasteiger partial charge in [0, 0.05) is 17.8 Å². The molecule has 26 heavy (non-hydrogen) atoms. The Morgan fingerprint density at radius 2 is 1.73 bits per heavy atom. The second-order valence-electron chi connectivity index (χ2n) is 8.62. The highest BCUT2D eigenvalue weighted by atomic mass is 16.2. The molecule has 0 spiro atoms. The number of carbonyl (C=O) groups is 2. The number of Topliss-reactive ketones (excluding diaryl/α,β-unsaturated/α-hetero) is 1. The van der Waals surface area contributed by atoms with Gasteiger partial charge in [0.05, 0.1) is 6.04 Å². The number of ketones is 1. The molecule has 0 aliphatic heterocycles. The van der Waals surface area contributed by atoms with Gasteiger partial charge >= 0.3 is 0 Å². The maximum absolute atomic E-state index is 13.0. The minimum Gasteiger partial charge on any atom is -0.349 e. The number of fused-ring (bicyclic) bond motifs is 2. The smallest absolute Gasteiger partial charge is 0.223 e. The molecule has 3 nitrogen and oxygen atoms in total. The van der Waals surface area contributed by atoms with E-state index in [0.717, 1.165) is 44.9 Å². The summed E-state index contributed by atoms with van der Waals surface area (Å²) in [4.78, 5) is 25.3. The molecule has 3 rings (SSSR count). The van der Waals surface area contributed by atoms with Gasteiger partial charge in [0.1, 0.15) is 5.78 Å². The molecule has 0 aromatic heterocycles. The molecule has 2 fully saturated rings. The van der Waals surface area contributed by atoms with E-state index in [4.69, 9.17) is 0 Å². The van der Waals surface area contributed by atoms with E-state index in [-0.39, 0.29) is 29.7 Å². The molecule has 0 saturated heterocycles. The average Bonchev–Trinajstić information content (AvgIpc) is 2.60. The number of nitrogens with one attached hydrogen (secondary N) is 1. The Balaban J connectivity index is 1.68. The van der Waals surface area contributed by atoms with Crippen molar-refractivity contribution in [2.24, 2.45) is 23.7 Å². The molecule has 142 valence electrons. The second kappa shape index (κ2) is 8.37. The van der Waals surface area contributed by atoms with Crippen LogP contribution < -0.4 is 5.32 Å². The van der Waals surface area contributed by atoms with Gasteiger partial charge in [-0.05, 0) is 49.1 Å². The van der Waals surface area contributed by atoms with E-state index in [1.165, 1.54) is 11.1 Å². The van der Waals surface area contributed by atoms with Crippen molar-refractivity contribution in [2.75, 3.05) is 0 Å². The predicted octanol–water partition coefficient (Wildman–Crippen LogP) is 4.85. The lowest BCUT2D eigenvalue weighted by Crippen LogP contribution is -2.44. The molecule has 1 N–H and O–H groups in total. The van der Waals surface area contributed by atoms with E-state index < -0.39 is 0 Å². The van der Waals surface area contributed by atoms with Crippen molar-refractivity contribution >= 4 is 11.7 Å². The maximum atomic E-state index is 13.0. The standard InChI is InChI=1S/C23H33NO2/c1-4-6-16-9-11-17(12-10-16)21(15(2)3)24-23(26)20-13-18-7-5-8-19(14-20)22(18)25/h9-12,15,18-21H,4-8,13-14H2,1-3H3,(H,24,26). The van der Waals surface area contributed by atoms with Crippen molar-refractivity contribution in [3.63, 3.8) is 0 Å². The number of hydrogen-bond donors (Lipinski definition) is 1. The Bertz CT molecular complexity index is 618. The molecule has 1 aromatic carbocycles. The number of aryl methyl sites for hydroxylation is 1. The molecule has 0 heterocycles. The van der Waals surface area contributed by atoms with Crippen LogP contribution in [0.1, 0.15) is 76.5 Å². The molecular weight excluding hydrogens is 322 g/mol. The predicted molar refractivity (Wildman–Crippen MR) is 105 cm³/mol. The SMILES string of the molecule is CCCc1ccc(C(NC(=O)C2CC3CCCC(C2)C3=O)C(C)C)cc1. The van der Waals surface area contributed by atoms with E-state index in [0.29, 0.717) is 11.7 Å². The van der Waals surface area contributed by atoms with Gasteiger partial charge in [-0.15, -0.1) is 0 Å². The lowest BCUT2D eigenvalue weighted by atomic mass is 9.67. The molecule has 2 bridgehead atoms. The van der Waals surface area contributed by atoms with Crippen LogP contribution in [-0.2, 0) is 16.0 Å². The van der Waals surface area contributed by atoms with Crippen LogP contribution in [0.4, 0.5) is 0 Å². The van der Waals surface area contributed by atoms with Gasteiger partial charge in [-0.2, -0.15) is 0 Å². The third-order valence-corrected chi connectivity index (χ3v) is 6.26. The van der Waals surface area contributed by atoms with Gasteiger partial charge < -0.3 is 5.32 Å². The molecule has 2 aliphatic carbocycles. The van der Waals surface area contributed by atoms with E-state index in [2.05, 4.69) is 50.4 Å². The lowest BCUT2D eigenvalue weighted by Gasteiger charge is -2.37. The third kappa shape index (κ3) is 4.19. The first-order valence-electron chi connectivity index (χ1n) is 10.4. The summed E-state index contributed by atoms with van der Waals surface area (Å²) in [6, 6.07) is 8.73. The van der Waals surface area contributed by atoms with Gasteiger partial charge in [0.15, 0.2) is 0 Å². The summed E-state index contributed by atoms with van der Waals surface area (Å²) in [5.41, 5.74) is 2.53. The molecule has 3 heteroatoms. The zero-order chi connectivity index (χ0) is 18.7. The Kier molecular flexibility index (Phi) is 6.16. The van der Waals surface area contributed by atoms with Gasteiger partial charge in [-0.1, -0.05) is 57.9 Å². The number of rotatable bonds is 6. The average molecular weight is 356 g/mol. The van der Waals surface area contributed by atoms with Crippen LogP contribution in [0.3, 0.4) is 0 Å². The van der Waals surface area contributed by atoms with Gasteiger partial charge in [0.25, 0.3) is 0 Å². The largest absolute Gasteiger partial charge is 0.349 e. The summed E-state index contributed by atoms with van der Waals surface area (Å²) < 4.78 is 0. The van der Waals surface area contributed by atoms with Crippen LogP contribution >= 0.6 is 0 Å². The number of benzene rings is 1. The van der Waals surface area contributed by atoms with Crippen molar-refractivity contribution < 1.29 is 9.59 Å². The second-order valence-corrected chi connectivity index (χ2v) is 8.62. The van der Waals surface area contributed by atoms with Crippen LogP contribution in [-0.4, -0.2) is 11.7 Å². The summed E-state index contributed by atoms with van der Waals surface area (Å²) in [7, 11) is 0. The van der Waals surface area contributed by atoms with Crippen LogP contribution in [0.5, 0.6) is 0 Å². The van der Waals surface area contributed by atoms with Crippen molar-refractivity contribution in [3.05, 3.63) is 35.4 Å². The van der Waals surface area contributed by atoms with E-state index >= 15 is 0 Å². The first kappa shape index (κ1) is 19.1. The first-order valence-corrected chi connectivity index (χ1v) is 10.4. The molecule has 3 atom stereocenters. The lowest BCUT2D eigenvalue weighted by molar-refractivity contribution is -0.138. The Hall–Kier alpha value is -1.64. The first-order chi connectivity index (χ1) is 12.5. The van der Waals surface area contributed by atoms with Crippen molar-refractivity contribution in [1.29, 1.82) is 0 Å². The van der Waals surface area contributed by atoms with Crippen LogP contribution in [0.2, 0.25) is 0 Å². The quantitative estimate of drug-likeness (QED) is 0.793. The van der Waals surface area contributed by atoms with E-state index in [1.807, 2.05) is 0 Å². The van der Waals surface area contributed by atoms with Crippen molar-refractivity contribution in [2.45, 2.75) is 71.8 Å². The Morgan fingerprint density at radius 1 is 1.12 bits per heavy atom. The molecule has 1 aromatic rings. The van der Waals surface area contributed by atoms with Gasteiger partial charge in [0.2, 0.25) is 5.91 Å². The number of hydrogen-bond acceptors (Lipinski definition) is 2. The van der Waals surface area contributed by atoms with Crippen LogP contribution in [0.25, 0.3) is 0 Å². The zero-order valence-electron chi connectivity index (χ0n) is 16.5. The minimum atomic E-state index is 0.00335. The van der Waals surface area contributed by atoms with Crippen LogP contribution in [0, 0.1) is 23.7 Å². The normalized spacial score (nSPS) is 26.6. The summed E-state index contributed by atoms with van der Waals surface area (Å²) in [5, 5.41) is 3.31. The highest BCUT2D eigenvalue weighted by molar-refractivity contribution is 5.88. The van der Waals surface area contributed by atoms with Crippen LogP contribution in [0.15, 0.2) is 24.3 Å². The van der Waals surface area contributed by atoms with Gasteiger partial charge in [-0.3, -0.25) is 9.59 Å². The molecule has 0 radical (unpaired) electrons. The van der Waals surface area contributed by atoms with E-state index in [9.17, 15) is 9.59 Å². The molecule has 1 amide bonds. The Labute approximate surface area is 157 Å². The van der Waals surface area contributed by atoms with Crippen molar-refractivity contribution in [3.8, 4) is 0 Å². The maximum Gasteiger partial charge on any atom is 0.223 e. The fraction of sp³-hybridized carbons (Fsp3) is 0.652. The molecular formula is C23H33NO2. The highest BCUT2D eigenvalue weighted by Crippen LogP contribution is 2.40. The summed E-state index contributed by atoms with van der Waals surface area (Å²) >= 11 is 0. The zero-order valence-corrected chi connectivity index (χ0v) is 16.5. The van der Waals surface area contributed by atoms with E-state index in [1.54, 1.807) is 0 Å². The summed E-state index contributed by atoms with van der Waals surface area (Å²) in [6.07, 6.45) is 6.85. The molecule has 2 aliphatic rings. The fourth-order valence-electron chi connectivity index (χ4n) is 4.78. The monoisotopic (exact) mass is 355 g/mol. The Morgan fingerprint density at radius 3 is 2.27 bits per heavy atom. The highest BCUT2D eigenvalue weighted by Gasteiger charge is 2.41. The fourth-order valence-corrected chi connectivity index (χ4v) is 4.78. The third-order valence-electron chi connectivity index (χ3n) is 6.26. The topological polar surface area (TPSA) is 46.2 Å². The molecule has 2 saturated carbocycles.